The van der Waals surface area contributed by atoms with Gasteiger partial charge >= 0.3 is 0 Å². The smallest absolute Gasteiger partial charge is 0.126 e. The molecule has 3 heteroatoms. The van der Waals surface area contributed by atoms with Crippen molar-refractivity contribution in [3.8, 4) is 0 Å². The average Bonchev–Trinajstić information content (AvgIpc) is 3.27. The number of hydrogen-bond acceptors (Lipinski definition) is 0. The fourth-order valence-corrected chi connectivity index (χ4v) is 8.01. The second-order valence-corrected chi connectivity index (χ2v) is 21.9. The van der Waals surface area contributed by atoms with E-state index in [0.29, 0.717) is 17.8 Å². The number of aryl methyl sites for hydroxylation is 5. The Labute approximate surface area is 417 Å². The minimum Gasteiger partial charge on any atom is -0.207 e. The van der Waals surface area contributed by atoms with Crippen molar-refractivity contribution in [1.82, 2.24) is 0 Å². The summed E-state index contributed by atoms with van der Waals surface area (Å²) in [6.45, 7) is 32.7. The molecular formula is C65H97F3. The van der Waals surface area contributed by atoms with Crippen LogP contribution in [0, 0.1) is 73.7 Å². The highest BCUT2D eigenvalue weighted by atomic mass is 19.1. The lowest BCUT2D eigenvalue weighted by molar-refractivity contribution is 0.305. The van der Waals surface area contributed by atoms with Gasteiger partial charge in [0.1, 0.15) is 17.5 Å². The van der Waals surface area contributed by atoms with E-state index in [1.54, 1.807) is 13.0 Å². The summed E-state index contributed by atoms with van der Waals surface area (Å²) in [6, 6.07) is 36.4. The van der Waals surface area contributed by atoms with Crippen LogP contribution in [-0.4, -0.2) is 0 Å². The standard InChI is InChI=1S/C13H20.C12H18.C11H15F.C10H13F.C10H20.C9H11F/c1-11(2)5-4-6-13-9-7-12(3)8-10-13;1-10(2)4-7-12-8-5-11(3)6-9-12;1-8(2)6-10-4-5-11(12)9(3)7-10;1-8(2)7-9-3-5-10(11)6-4-9;1-9(2)8-10-6-4-3-5-7-10;1-7(2)8-3-5-9(10)6-4-8/h7-11H,4-6H2,1-3H3;5-6,8-10H,4,7H2,1-3H3;4-5,7-8H,6H2,1-3H3;3-6,8H,7H2,1-2H3;9-10H,3-8H2,1-2H3;3-7H,1-2H3. The maximum atomic E-state index is 12.8. The average molecular weight is 935 g/mol. The first-order valence-corrected chi connectivity index (χ1v) is 26.5. The highest BCUT2D eigenvalue weighted by Crippen LogP contribution is 2.28. The highest BCUT2D eigenvalue weighted by Gasteiger charge is 2.14. The predicted molar refractivity (Wildman–Crippen MR) is 294 cm³/mol. The summed E-state index contributed by atoms with van der Waals surface area (Å²) >= 11 is 0. The Balaban J connectivity index is 0.000000409. The van der Waals surface area contributed by atoms with Crippen LogP contribution >= 0.6 is 0 Å². The van der Waals surface area contributed by atoms with Gasteiger partial charge in [0.25, 0.3) is 0 Å². The van der Waals surface area contributed by atoms with Crippen LogP contribution in [0.1, 0.15) is 191 Å². The van der Waals surface area contributed by atoms with Crippen LogP contribution in [0.4, 0.5) is 13.2 Å². The van der Waals surface area contributed by atoms with E-state index in [4.69, 9.17) is 0 Å². The SMILES string of the molecule is CC(C)CC1CCCCC1.CC(C)Cc1ccc(F)cc1.CC(C)c1ccc(F)cc1.Cc1cc(CC(C)C)ccc1F.Cc1ccc(CCC(C)C)cc1.Cc1ccc(CCCC(C)C)cc1. The maximum absolute atomic E-state index is 12.8. The van der Waals surface area contributed by atoms with Crippen molar-refractivity contribution in [1.29, 1.82) is 0 Å². The normalized spacial score (nSPS) is 12.3. The summed E-state index contributed by atoms with van der Waals surface area (Å²) in [7, 11) is 0. The first-order chi connectivity index (χ1) is 32.1. The van der Waals surface area contributed by atoms with E-state index >= 15 is 0 Å². The number of halogens is 3. The topological polar surface area (TPSA) is 0 Å². The molecule has 1 aliphatic carbocycles. The van der Waals surface area contributed by atoms with Crippen LogP contribution in [0.25, 0.3) is 0 Å². The molecule has 0 saturated heterocycles. The Morgan fingerprint density at radius 2 is 0.853 bits per heavy atom. The summed E-state index contributed by atoms with van der Waals surface area (Å²) in [5, 5.41) is 0. The third kappa shape index (κ3) is 32.6. The molecule has 6 rings (SSSR count). The van der Waals surface area contributed by atoms with Gasteiger partial charge in [0.2, 0.25) is 0 Å². The van der Waals surface area contributed by atoms with Gasteiger partial charge in [-0.1, -0.05) is 218 Å². The lowest BCUT2D eigenvalue weighted by atomic mass is 9.84. The zero-order valence-corrected chi connectivity index (χ0v) is 45.8. The van der Waals surface area contributed by atoms with Crippen molar-refractivity contribution in [2.75, 3.05) is 0 Å². The molecule has 5 aromatic carbocycles. The molecule has 0 atom stereocenters. The fourth-order valence-electron chi connectivity index (χ4n) is 8.01. The van der Waals surface area contributed by atoms with Crippen LogP contribution in [-0.2, 0) is 25.7 Å². The minimum absolute atomic E-state index is 0.109. The van der Waals surface area contributed by atoms with E-state index in [2.05, 4.69) is 145 Å². The summed E-state index contributed by atoms with van der Waals surface area (Å²) in [4.78, 5) is 0. The molecule has 0 bridgehead atoms. The predicted octanol–water partition coefficient (Wildman–Crippen LogP) is 20.5. The van der Waals surface area contributed by atoms with E-state index < -0.39 is 0 Å². The van der Waals surface area contributed by atoms with Crippen molar-refractivity contribution in [2.24, 2.45) is 35.5 Å². The zero-order chi connectivity index (χ0) is 51.0. The van der Waals surface area contributed by atoms with Gasteiger partial charge in [-0.15, -0.1) is 0 Å². The van der Waals surface area contributed by atoms with Crippen LogP contribution in [0.2, 0.25) is 0 Å². The van der Waals surface area contributed by atoms with Gasteiger partial charge in [-0.05, 0) is 171 Å². The van der Waals surface area contributed by atoms with Crippen LogP contribution in [0.5, 0.6) is 0 Å². The van der Waals surface area contributed by atoms with Gasteiger partial charge in [-0.25, -0.2) is 13.2 Å². The van der Waals surface area contributed by atoms with E-state index in [0.717, 1.165) is 42.1 Å². The Morgan fingerprint density at radius 3 is 1.28 bits per heavy atom. The van der Waals surface area contributed by atoms with Crippen molar-refractivity contribution in [3.63, 3.8) is 0 Å². The molecule has 0 heterocycles. The van der Waals surface area contributed by atoms with Gasteiger partial charge in [-0.3, -0.25) is 0 Å². The monoisotopic (exact) mass is 935 g/mol. The molecule has 0 nitrogen and oxygen atoms in total. The second-order valence-electron chi connectivity index (χ2n) is 21.9. The van der Waals surface area contributed by atoms with Gasteiger partial charge in [-0.2, -0.15) is 0 Å². The molecule has 68 heavy (non-hydrogen) atoms. The molecule has 0 spiro atoms. The molecule has 0 radical (unpaired) electrons. The molecule has 0 unspecified atom stereocenters. The Kier molecular flexibility index (Phi) is 32.7. The van der Waals surface area contributed by atoms with Crippen LogP contribution in [0.3, 0.4) is 0 Å². The van der Waals surface area contributed by atoms with E-state index in [1.807, 2.05) is 36.4 Å². The quantitative estimate of drug-likeness (QED) is 0.104. The van der Waals surface area contributed by atoms with Crippen molar-refractivity contribution >= 4 is 0 Å². The third-order valence-corrected chi connectivity index (χ3v) is 12.0. The van der Waals surface area contributed by atoms with Crippen molar-refractivity contribution in [2.45, 2.75) is 193 Å². The minimum atomic E-state index is -0.163. The van der Waals surface area contributed by atoms with Crippen molar-refractivity contribution < 1.29 is 13.2 Å². The maximum Gasteiger partial charge on any atom is 0.126 e. The molecule has 378 valence electrons. The molecule has 1 aliphatic rings. The molecule has 0 aromatic heterocycles. The largest absolute Gasteiger partial charge is 0.207 e. The molecular weight excluding hydrogens is 838 g/mol. The molecule has 1 saturated carbocycles. The second kappa shape index (κ2) is 35.9. The van der Waals surface area contributed by atoms with Crippen LogP contribution < -0.4 is 0 Å². The molecule has 0 aliphatic heterocycles. The molecule has 0 N–H and O–H groups in total. The van der Waals surface area contributed by atoms with E-state index in [-0.39, 0.29) is 17.5 Å². The van der Waals surface area contributed by atoms with Gasteiger partial charge < -0.3 is 0 Å². The fraction of sp³-hybridized carbons (Fsp3) is 0.538. The Morgan fingerprint density at radius 1 is 0.426 bits per heavy atom. The number of rotatable bonds is 14. The van der Waals surface area contributed by atoms with Gasteiger partial charge in [0, 0.05) is 0 Å². The number of benzene rings is 5. The molecule has 0 amide bonds. The Bertz CT molecular complexity index is 1940. The zero-order valence-electron chi connectivity index (χ0n) is 45.8. The summed E-state index contributed by atoms with van der Waals surface area (Å²) in [6.07, 6.45) is 17.5. The van der Waals surface area contributed by atoms with Crippen LogP contribution in [0.15, 0.2) is 115 Å². The number of hydrogen-bond donors (Lipinski definition) is 0. The van der Waals surface area contributed by atoms with Gasteiger partial charge in [0.05, 0.1) is 0 Å². The summed E-state index contributed by atoms with van der Waals surface area (Å²) < 4.78 is 37.6. The third-order valence-electron chi connectivity index (χ3n) is 12.0. The molecule has 5 aromatic rings. The molecule has 1 fully saturated rings. The Hall–Kier alpha value is -4.11. The van der Waals surface area contributed by atoms with E-state index in [1.165, 1.54) is 134 Å². The highest BCUT2D eigenvalue weighted by molar-refractivity contribution is 5.25. The van der Waals surface area contributed by atoms with Gasteiger partial charge in [0.15, 0.2) is 0 Å². The van der Waals surface area contributed by atoms with Crippen molar-refractivity contribution in [3.05, 3.63) is 177 Å². The lowest BCUT2D eigenvalue weighted by Gasteiger charge is -2.22. The first-order valence-electron chi connectivity index (χ1n) is 26.5. The first kappa shape index (κ1) is 61.9. The lowest BCUT2D eigenvalue weighted by Crippen LogP contribution is -2.08. The van der Waals surface area contributed by atoms with E-state index in [9.17, 15) is 13.2 Å². The summed E-state index contributed by atoms with van der Waals surface area (Å²) in [5.41, 5.74) is 10.0. The summed E-state index contributed by atoms with van der Waals surface area (Å²) in [5.74, 6) is 4.98.